The van der Waals surface area contributed by atoms with Crippen LogP contribution in [0.3, 0.4) is 0 Å². The van der Waals surface area contributed by atoms with Gasteiger partial charge in [-0.1, -0.05) is 46.6 Å². The second-order valence-corrected chi connectivity index (χ2v) is 7.70. The van der Waals surface area contributed by atoms with E-state index in [0.29, 0.717) is 43.0 Å². The Morgan fingerprint density at radius 2 is 1.89 bits per heavy atom. The van der Waals surface area contributed by atoms with Gasteiger partial charge in [0.1, 0.15) is 5.75 Å². The number of nitrogen functional groups attached to an aromatic ring is 1. The third-order valence-corrected chi connectivity index (χ3v) is 5.34. The van der Waals surface area contributed by atoms with E-state index in [9.17, 15) is 4.79 Å². The van der Waals surface area contributed by atoms with Crippen LogP contribution in [0.5, 0.6) is 5.75 Å². The number of carbonyl (C=O) groups excluding carboxylic acids is 1. The molecule has 3 aromatic rings. The minimum absolute atomic E-state index is 0.0499. The van der Waals surface area contributed by atoms with Crippen LogP contribution in [-0.4, -0.2) is 33.6 Å². The van der Waals surface area contributed by atoms with Crippen molar-refractivity contribution < 1.29 is 9.53 Å². The molecule has 28 heavy (non-hydrogen) atoms. The van der Waals surface area contributed by atoms with Crippen molar-refractivity contribution in [3.05, 3.63) is 51.5 Å². The predicted octanol–water partition coefficient (Wildman–Crippen LogP) is 4.36. The van der Waals surface area contributed by atoms with Gasteiger partial charge in [0.2, 0.25) is 11.1 Å². The van der Waals surface area contributed by atoms with Crippen LogP contribution in [0.2, 0.25) is 15.1 Å². The van der Waals surface area contributed by atoms with Crippen molar-refractivity contribution in [2.45, 2.75) is 5.16 Å². The third kappa shape index (κ3) is 4.64. The number of ether oxygens (including phenoxy) is 1. The van der Waals surface area contributed by atoms with E-state index in [1.54, 1.807) is 36.4 Å². The Bertz CT molecular complexity index is 1030. The number of hydrogen-bond donors (Lipinski definition) is 2. The fourth-order valence-electron chi connectivity index (χ4n) is 2.32. The van der Waals surface area contributed by atoms with Gasteiger partial charge in [-0.25, -0.2) is 4.68 Å². The number of amides is 1. The smallest absolute Gasteiger partial charge is 0.234 e. The topological polar surface area (TPSA) is 95.1 Å². The molecule has 3 rings (SSSR count). The highest BCUT2D eigenvalue weighted by atomic mass is 35.5. The van der Waals surface area contributed by atoms with Crippen molar-refractivity contribution in [1.29, 1.82) is 0 Å². The van der Waals surface area contributed by atoms with E-state index in [4.69, 9.17) is 45.4 Å². The van der Waals surface area contributed by atoms with E-state index in [1.165, 1.54) is 11.8 Å². The Balaban J connectivity index is 1.70. The lowest BCUT2D eigenvalue weighted by Crippen LogP contribution is -2.17. The Morgan fingerprint density at radius 3 is 2.64 bits per heavy atom. The maximum Gasteiger partial charge on any atom is 0.234 e. The largest absolute Gasteiger partial charge is 0.495 e. The maximum absolute atomic E-state index is 12.3. The molecule has 1 heterocycles. The van der Waals surface area contributed by atoms with E-state index in [1.807, 2.05) is 0 Å². The molecule has 7 nitrogen and oxygen atoms in total. The molecule has 0 fully saturated rings. The summed E-state index contributed by atoms with van der Waals surface area (Å²) in [6.45, 7) is 0. The van der Waals surface area contributed by atoms with Crippen LogP contribution < -0.4 is 15.9 Å². The molecule has 0 aliphatic rings. The van der Waals surface area contributed by atoms with Crippen LogP contribution in [0.4, 0.5) is 5.69 Å². The summed E-state index contributed by atoms with van der Waals surface area (Å²) >= 11 is 19.3. The number of nitrogens with zero attached hydrogens (tertiary/aromatic N) is 3. The zero-order valence-corrected chi connectivity index (χ0v) is 17.5. The van der Waals surface area contributed by atoms with Gasteiger partial charge >= 0.3 is 0 Å². The quantitative estimate of drug-likeness (QED) is 0.421. The van der Waals surface area contributed by atoms with Gasteiger partial charge in [0.05, 0.1) is 23.6 Å². The van der Waals surface area contributed by atoms with Crippen LogP contribution in [0.1, 0.15) is 0 Å². The summed E-state index contributed by atoms with van der Waals surface area (Å²) in [7, 11) is 1.51. The van der Waals surface area contributed by atoms with Crippen LogP contribution in [-0.2, 0) is 4.79 Å². The van der Waals surface area contributed by atoms with Gasteiger partial charge < -0.3 is 15.9 Å². The van der Waals surface area contributed by atoms with Crippen LogP contribution in [0, 0.1) is 0 Å². The number of methoxy groups -OCH3 is 1. The highest BCUT2D eigenvalue weighted by molar-refractivity contribution is 7.99. The summed E-state index contributed by atoms with van der Waals surface area (Å²) in [4.78, 5) is 12.3. The van der Waals surface area contributed by atoms with Crippen LogP contribution in [0.15, 0.2) is 41.6 Å². The number of nitrogens with one attached hydrogen (secondary N) is 1. The molecule has 0 saturated carbocycles. The summed E-state index contributed by atoms with van der Waals surface area (Å²) in [5.41, 5.74) is 1.02. The van der Waals surface area contributed by atoms with Crippen molar-refractivity contribution >= 4 is 58.2 Å². The first-order valence-corrected chi connectivity index (χ1v) is 9.93. The highest BCUT2D eigenvalue weighted by Crippen LogP contribution is 2.31. The Morgan fingerprint density at radius 1 is 1.18 bits per heavy atom. The summed E-state index contributed by atoms with van der Waals surface area (Å²) in [6, 6.07) is 9.89. The number of thioether (sulfide) groups is 1. The molecule has 3 N–H and O–H groups in total. The van der Waals surface area contributed by atoms with Crippen molar-refractivity contribution in [2.75, 3.05) is 24.0 Å². The van der Waals surface area contributed by atoms with Gasteiger partial charge in [-0.3, -0.25) is 4.79 Å². The molecule has 0 atom stereocenters. The van der Waals surface area contributed by atoms with E-state index < -0.39 is 0 Å². The zero-order valence-electron chi connectivity index (χ0n) is 14.4. The number of benzene rings is 2. The third-order valence-electron chi connectivity index (χ3n) is 3.60. The van der Waals surface area contributed by atoms with E-state index in [0.717, 1.165) is 11.8 Å². The average Bonchev–Trinajstić information content (AvgIpc) is 3.02. The molecule has 2 aromatic carbocycles. The first kappa shape index (κ1) is 20.6. The molecular formula is C17H14Cl3N5O2S. The van der Waals surface area contributed by atoms with Gasteiger partial charge in [-0.05, 0) is 36.4 Å². The number of anilines is 1. The van der Waals surface area contributed by atoms with E-state index in [2.05, 4.69) is 15.5 Å². The molecule has 0 spiro atoms. The SMILES string of the molecule is COc1ccc(Cl)cc1NC(=O)CSc1nnc(-c2cc(Cl)ccc2Cl)n1N. The number of hydrogen-bond acceptors (Lipinski definition) is 6. The molecule has 0 radical (unpaired) electrons. The van der Waals surface area contributed by atoms with Gasteiger partial charge in [-0.2, -0.15) is 0 Å². The first-order chi connectivity index (χ1) is 13.4. The molecule has 0 unspecified atom stereocenters. The Kier molecular flexibility index (Phi) is 6.56. The zero-order chi connectivity index (χ0) is 20.3. The molecule has 0 bridgehead atoms. The number of carbonyl (C=O) groups is 1. The number of aromatic nitrogens is 3. The second-order valence-electron chi connectivity index (χ2n) is 5.48. The van der Waals surface area contributed by atoms with Crippen molar-refractivity contribution in [3.8, 4) is 17.1 Å². The average molecular weight is 459 g/mol. The highest BCUT2D eigenvalue weighted by Gasteiger charge is 2.17. The number of rotatable bonds is 6. The molecule has 11 heteroatoms. The Labute approximate surface area is 180 Å². The summed E-state index contributed by atoms with van der Waals surface area (Å²) in [5, 5.41) is 12.6. The minimum Gasteiger partial charge on any atom is -0.495 e. The fraction of sp³-hybridized carbons (Fsp3) is 0.118. The van der Waals surface area contributed by atoms with Crippen molar-refractivity contribution in [3.63, 3.8) is 0 Å². The lowest BCUT2D eigenvalue weighted by atomic mass is 10.2. The lowest BCUT2D eigenvalue weighted by molar-refractivity contribution is -0.113. The monoisotopic (exact) mass is 457 g/mol. The van der Waals surface area contributed by atoms with E-state index >= 15 is 0 Å². The second kappa shape index (κ2) is 8.91. The molecular weight excluding hydrogens is 445 g/mol. The normalized spacial score (nSPS) is 10.7. The fourth-order valence-corrected chi connectivity index (χ4v) is 3.53. The summed E-state index contributed by atoms with van der Waals surface area (Å²) in [5.74, 6) is 6.67. The minimum atomic E-state index is -0.282. The molecule has 0 aliphatic heterocycles. The van der Waals surface area contributed by atoms with Gasteiger partial charge in [0.25, 0.3) is 0 Å². The molecule has 0 saturated heterocycles. The molecule has 146 valence electrons. The Hall–Kier alpha value is -2.13. The molecule has 1 aromatic heterocycles. The van der Waals surface area contributed by atoms with Crippen LogP contribution >= 0.6 is 46.6 Å². The van der Waals surface area contributed by atoms with Crippen molar-refractivity contribution in [2.24, 2.45) is 0 Å². The van der Waals surface area contributed by atoms with Gasteiger partial charge in [0.15, 0.2) is 5.82 Å². The van der Waals surface area contributed by atoms with Gasteiger partial charge in [-0.15, -0.1) is 10.2 Å². The predicted molar refractivity (Wildman–Crippen MR) is 113 cm³/mol. The van der Waals surface area contributed by atoms with E-state index in [-0.39, 0.29) is 11.7 Å². The molecule has 1 amide bonds. The number of nitrogens with two attached hydrogens (primary N) is 1. The summed E-state index contributed by atoms with van der Waals surface area (Å²) < 4.78 is 6.47. The maximum atomic E-state index is 12.3. The molecule has 0 aliphatic carbocycles. The van der Waals surface area contributed by atoms with Crippen LogP contribution in [0.25, 0.3) is 11.4 Å². The van der Waals surface area contributed by atoms with Gasteiger partial charge in [0, 0.05) is 15.6 Å². The lowest BCUT2D eigenvalue weighted by Gasteiger charge is -2.10. The summed E-state index contributed by atoms with van der Waals surface area (Å²) in [6.07, 6.45) is 0. The standard InChI is InChI=1S/C17H14Cl3N5O2S/c1-27-14-5-3-10(19)7-13(14)22-15(26)8-28-17-24-23-16(25(17)21)11-6-9(18)2-4-12(11)20/h2-7H,8,21H2,1H3,(H,22,26). The van der Waals surface area contributed by atoms with Crippen molar-refractivity contribution in [1.82, 2.24) is 14.9 Å². The first-order valence-electron chi connectivity index (χ1n) is 7.81. The number of halogens is 3.